The molecule has 132 valence electrons. The molecule has 0 aromatic heterocycles. The molecule has 0 radical (unpaired) electrons. The third kappa shape index (κ3) is 5.21. The number of nitrogens with two attached hydrogens (primary N) is 1. The fourth-order valence-corrected chi connectivity index (χ4v) is 3.15. The highest BCUT2D eigenvalue weighted by Gasteiger charge is 2.25. The smallest absolute Gasteiger partial charge is 0.252 e. The van der Waals surface area contributed by atoms with Crippen molar-refractivity contribution < 1.29 is 9.59 Å². The van der Waals surface area contributed by atoms with Crippen molar-refractivity contribution in [1.29, 1.82) is 0 Å². The molecule has 0 aliphatic heterocycles. The molecular formula is C18H26ClN3O2. The van der Waals surface area contributed by atoms with Crippen LogP contribution < -0.4 is 16.4 Å². The lowest BCUT2D eigenvalue weighted by atomic mass is 9.85. The van der Waals surface area contributed by atoms with Crippen molar-refractivity contribution in [3.63, 3.8) is 0 Å². The molecule has 0 spiro atoms. The Morgan fingerprint density at radius 3 is 2.71 bits per heavy atom. The Morgan fingerprint density at radius 1 is 1.33 bits per heavy atom. The van der Waals surface area contributed by atoms with E-state index in [0.717, 1.165) is 25.7 Å². The second kappa shape index (κ2) is 8.49. The summed E-state index contributed by atoms with van der Waals surface area (Å²) in [5.41, 5.74) is 6.95. The van der Waals surface area contributed by atoms with Crippen LogP contribution in [-0.4, -0.2) is 24.4 Å². The molecule has 5 nitrogen and oxygen atoms in total. The summed E-state index contributed by atoms with van der Waals surface area (Å²) in [5.74, 6) is 0.0813. The first-order valence-electron chi connectivity index (χ1n) is 8.51. The summed E-state index contributed by atoms with van der Waals surface area (Å²) < 4.78 is 0. The van der Waals surface area contributed by atoms with Gasteiger partial charge in [-0.3, -0.25) is 9.59 Å². The summed E-state index contributed by atoms with van der Waals surface area (Å²) in [5, 5.41) is 6.04. The van der Waals surface area contributed by atoms with Gasteiger partial charge in [0.2, 0.25) is 5.91 Å². The van der Waals surface area contributed by atoms with E-state index >= 15 is 0 Å². The molecule has 4 N–H and O–H groups in total. The second-order valence-electron chi connectivity index (χ2n) is 6.91. The van der Waals surface area contributed by atoms with E-state index in [1.54, 1.807) is 18.2 Å². The maximum atomic E-state index is 12.3. The number of anilines is 1. The van der Waals surface area contributed by atoms with Crippen LogP contribution in [0.2, 0.25) is 5.02 Å². The number of carbonyl (C=O) groups is 2. The molecule has 1 aromatic carbocycles. The van der Waals surface area contributed by atoms with Gasteiger partial charge in [0, 0.05) is 24.2 Å². The normalized spacial score (nSPS) is 20.7. The standard InChI is InChI=1S/C18H26ClN3O2/c1-11(2)10-21-18(24)15-7-6-14(9-16(15)19)22-17(23)12-4-3-5-13(20)8-12/h6-7,9,11-13H,3-5,8,10,20H2,1-2H3,(H,21,24)(H,22,23). The van der Waals surface area contributed by atoms with E-state index < -0.39 is 0 Å². The van der Waals surface area contributed by atoms with Gasteiger partial charge in [0.25, 0.3) is 5.91 Å². The Balaban J connectivity index is 1.98. The molecule has 2 atom stereocenters. The van der Waals surface area contributed by atoms with Gasteiger partial charge in [-0.2, -0.15) is 0 Å². The SMILES string of the molecule is CC(C)CNC(=O)c1ccc(NC(=O)C2CCCC(N)C2)cc1Cl. The Bertz CT molecular complexity index is 604. The van der Waals surface area contributed by atoms with Gasteiger partial charge in [0.1, 0.15) is 0 Å². The number of amides is 2. The van der Waals surface area contributed by atoms with Gasteiger partial charge in [-0.15, -0.1) is 0 Å². The molecule has 1 fully saturated rings. The van der Waals surface area contributed by atoms with Crippen molar-refractivity contribution in [2.45, 2.75) is 45.6 Å². The number of hydrogen-bond acceptors (Lipinski definition) is 3. The molecule has 0 heterocycles. The van der Waals surface area contributed by atoms with Crippen molar-refractivity contribution in [3.05, 3.63) is 28.8 Å². The van der Waals surface area contributed by atoms with Crippen LogP contribution in [0, 0.1) is 11.8 Å². The Morgan fingerprint density at radius 2 is 2.08 bits per heavy atom. The molecule has 2 unspecified atom stereocenters. The minimum absolute atomic E-state index is 0.0294. The van der Waals surface area contributed by atoms with Gasteiger partial charge in [0.15, 0.2) is 0 Å². The van der Waals surface area contributed by atoms with E-state index in [1.807, 2.05) is 13.8 Å². The molecule has 1 aliphatic rings. The van der Waals surface area contributed by atoms with Crippen LogP contribution in [0.1, 0.15) is 49.9 Å². The van der Waals surface area contributed by atoms with Crippen LogP contribution in [0.4, 0.5) is 5.69 Å². The van der Waals surface area contributed by atoms with Crippen molar-refractivity contribution >= 4 is 29.1 Å². The molecule has 2 amide bonds. The zero-order valence-electron chi connectivity index (χ0n) is 14.3. The monoisotopic (exact) mass is 351 g/mol. The van der Waals surface area contributed by atoms with E-state index in [2.05, 4.69) is 10.6 Å². The molecule has 1 aliphatic carbocycles. The maximum Gasteiger partial charge on any atom is 0.252 e. The Labute approximate surface area is 148 Å². The average Bonchev–Trinajstić information content (AvgIpc) is 2.52. The number of benzene rings is 1. The summed E-state index contributed by atoms with van der Waals surface area (Å²) in [6, 6.07) is 5.06. The third-order valence-electron chi connectivity index (χ3n) is 4.24. The van der Waals surface area contributed by atoms with Crippen molar-refractivity contribution in [2.75, 3.05) is 11.9 Å². The molecule has 0 bridgehead atoms. The number of carbonyl (C=O) groups excluding carboxylic acids is 2. The van der Waals surface area contributed by atoms with Gasteiger partial charge < -0.3 is 16.4 Å². The van der Waals surface area contributed by atoms with Crippen molar-refractivity contribution in [1.82, 2.24) is 5.32 Å². The highest BCUT2D eigenvalue weighted by Crippen LogP contribution is 2.26. The Hall–Kier alpha value is -1.59. The first kappa shape index (κ1) is 18.7. The van der Waals surface area contributed by atoms with E-state index in [1.165, 1.54) is 0 Å². The van der Waals surface area contributed by atoms with Crippen LogP contribution in [0.15, 0.2) is 18.2 Å². The average molecular weight is 352 g/mol. The van der Waals surface area contributed by atoms with Gasteiger partial charge in [0.05, 0.1) is 10.6 Å². The van der Waals surface area contributed by atoms with Crippen LogP contribution in [0.5, 0.6) is 0 Å². The maximum absolute atomic E-state index is 12.3. The fraction of sp³-hybridized carbons (Fsp3) is 0.556. The minimum atomic E-state index is -0.204. The van der Waals surface area contributed by atoms with Crippen molar-refractivity contribution in [2.24, 2.45) is 17.6 Å². The zero-order valence-corrected chi connectivity index (χ0v) is 15.0. The first-order valence-corrected chi connectivity index (χ1v) is 8.88. The molecule has 0 saturated heterocycles. The van der Waals surface area contributed by atoms with Crippen LogP contribution in [-0.2, 0) is 4.79 Å². The summed E-state index contributed by atoms with van der Waals surface area (Å²) in [4.78, 5) is 24.4. The molecular weight excluding hydrogens is 326 g/mol. The second-order valence-corrected chi connectivity index (χ2v) is 7.32. The lowest BCUT2D eigenvalue weighted by Crippen LogP contribution is -2.34. The van der Waals surface area contributed by atoms with Gasteiger partial charge >= 0.3 is 0 Å². The van der Waals surface area contributed by atoms with Crippen molar-refractivity contribution in [3.8, 4) is 0 Å². The minimum Gasteiger partial charge on any atom is -0.352 e. The number of nitrogens with one attached hydrogen (secondary N) is 2. The molecule has 2 rings (SSSR count). The topological polar surface area (TPSA) is 84.2 Å². The van der Waals surface area contributed by atoms with E-state index in [0.29, 0.717) is 28.7 Å². The van der Waals surface area contributed by atoms with E-state index in [-0.39, 0.29) is 23.8 Å². The molecule has 1 aromatic rings. The lowest BCUT2D eigenvalue weighted by molar-refractivity contribution is -0.120. The van der Waals surface area contributed by atoms with Gasteiger partial charge in [-0.1, -0.05) is 31.9 Å². The molecule has 1 saturated carbocycles. The summed E-state index contributed by atoms with van der Waals surface area (Å²) >= 11 is 6.20. The predicted octanol–water partition coefficient (Wildman–Crippen LogP) is 3.18. The highest BCUT2D eigenvalue weighted by atomic mass is 35.5. The van der Waals surface area contributed by atoms with Crippen LogP contribution in [0.25, 0.3) is 0 Å². The molecule has 6 heteroatoms. The fourth-order valence-electron chi connectivity index (χ4n) is 2.88. The highest BCUT2D eigenvalue weighted by molar-refractivity contribution is 6.34. The number of hydrogen-bond donors (Lipinski definition) is 3. The van der Waals surface area contributed by atoms with E-state index in [9.17, 15) is 9.59 Å². The molecule has 24 heavy (non-hydrogen) atoms. The summed E-state index contributed by atoms with van der Waals surface area (Å²) in [6.07, 6.45) is 3.54. The largest absolute Gasteiger partial charge is 0.352 e. The first-order chi connectivity index (χ1) is 11.4. The number of rotatable bonds is 5. The van der Waals surface area contributed by atoms with Crippen LogP contribution >= 0.6 is 11.6 Å². The zero-order chi connectivity index (χ0) is 17.7. The summed E-state index contributed by atoms with van der Waals surface area (Å²) in [7, 11) is 0. The van der Waals surface area contributed by atoms with Gasteiger partial charge in [-0.25, -0.2) is 0 Å². The van der Waals surface area contributed by atoms with Gasteiger partial charge in [-0.05, 0) is 43.4 Å². The quantitative estimate of drug-likeness (QED) is 0.761. The summed E-state index contributed by atoms with van der Waals surface area (Å²) in [6.45, 7) is 4.64. The lowest BCUT2D eigenvalue weighted by Gasteiger charge is -2.25. The van der Waals surface area contributed by atoms with Crippen LogP contribution in [0.3, 0.4) is 0 Å². The van der Waals surface area contributed by atoms with E-state index in [4.69, 9.17) is 17.3 Å². The third-order valence-corrected chi connectivity index (χ3v) is 4.55. The predicted molar refractivity (Wildman–Crippen MR) is 97.2 cm³/mol. The number of halogens is 1. The Kier molecular flexibility index (Phi) is 6.63.